The Bertz CT molecular complexity index is 1000. The van der Waals surface area contributed by atoms with Gasteiger partial charge in [-0.2, -0.15) is 0 Å². The van der Waals surface area contributed by atoms with Crippen LogP contribution in [0.1, 0.15) is 5.56 Å². The van der Waals surface area contributed by atoms with Crippen LogP contribution in [0.2, 0.25) is 0 Å². The molecule has 0 atom stereocenters. The maximum absolute atomic E-state index is 12.3. The highest BCUT2D eigenvalue weighted by Crippen LogP contribution is 2.24. The first-order valence-corrected chi connectivity index (χ1v) is 10.8. The lowest BCUT2D eigenvalue weighted by atomic mass is 10.2. The average molecular weight is 427 g/mol. The molecule has 0 saturated carbocycles. The summed E-state index contributed by atoms with van der Waals surface area (Å²) in [6.07, 6.45) is 3.63. The maximum Gasteiger partial charge on any atom is 0.285 e. The first-order chi connectivity index (χ1) is 13.9. The van der Waals surface area contributed by atoms with E-state index in [1.807, 2.05) is 54.1 Å². The monoisotopic (exact) mass is 426 g/mol. The second-order valence-corrected chi connectivity index (χ2v) is 8.46. The number of anilines is 1. The SMILES string of the molecule is Cc1ccccc1-n1ccnc1SCC(=O)Nc1ccc(SC(=O)N(C)C)cc1. The van der Waals surface area contributed by atoms with Crippen molar-refractivity contribution in [2.75, 3.05) is 25.2 Å². The van der Waals surface area contributed by atoms with Crippen molar-refractivity contribution in [2.45, 2.75) is 17.0 Å². The van der Waals surface area contributed by atoms with E-state index in [1.165, 1.54) is 16.7 Å². The molecule has 0 unspecified atom stereocenters. The lowest BCUT2D eigenvalue weighted by Gasteiger charge is -2.11. The van der Waals surface area contributed by atoms with Gasteiger partial charge in [0, 0.05) is 37.1 Å². The number of hydrogen-bond donors (Lipinski definition) is 1. The molecule has 0 aliphatic heterocycles. The summed E-state index contributed by atoms with van der Waals surface area (Å²) < 4.78 is 1.99. The Morgan fingerprint density at radius 3 is 2.52 bits per heavy atom. The number of aromatic nitrogens is 2. The molecule has 1 aromatic heterocycles. The van der Waals surface area contributed by atoms with Gasteiger partial charge in [0.05, 0.1) is 11.4 Å². The Kier molecular flexibility index (Phi) is 7.00. The normalized spacial score (nSPS) is 10.6. The lowest BCUT2D eigenvalue weighted by molar-refractivity contribution is -0.113. The van der Waals surface area contributed by atoms with Gasteiger partial charge in [-0.3, -0.25) is 14.2 Å². The van der Waals surface area contributed by atoms with Crippen molar-refractivity contribution in [2.24, 2.45) is 0 Å². The third kappa shape index (κ3) is 5.65. The molecule has 1 heterocycles. The van der Waals surface area contributed by atoms with Crippen LogP contribution in [-0.2, 0) is 4.79 Å². The highest BCUT2D eigenvalue weighted by molar-refractivity contribution is 8.13. The lowest BCUT2D eigenvalue weighted by Crippen LogP contribution is -2.16. The molecule has 2 amide bonds. The number of imidazole rings is 1. The van der Waals surface area contributed by atoms with E-state index in [9.17, 15) is 9.59 Å². The van der Waals surface area contributed by atoms with E-state index in [-0.39, 0.29) is 16.9 Å². The fourth-order valence-electron chi connectivity index (χ4n) is 2.54. The maximum atomic E-state index is 12.3. The van der Waals surface area contributed by atoms with Crippen molar-refractivity contribution in [3.63, 3.8) is 0 Å². The summed E-state index contributed by atoms with van der Waals surface area (Å²) in [5.41, 5.74) is 2.88. The molecule has 0 bridgehead atoms. The smallest absolute Gasteiger partial charge is 0.285 e. The zero-order valence-electron chi connectivity index (χ0n) is 16.5. The van der Waals surface area contributed by atoms with Crippen molar-refractivity contribution in [1.29, 1.82) is 0 Å². The highest BCUT2D eigenvalue weighted by Gasteiger charge is 2.11. The summed E-state index contributed by atoms with van der Waals surface area (Å²) in [6.45, 7) is 2.05. The molecule has 2 aromatic carbocycles. The van der Waals surface area contributed by atoms with Crippen LogP contribution in [0.3, 0.4) is 0 Å². The third-order valence-corrected chi connectivity index (χ3v) is 6.04. The first kappa shape index (κ1) is 21.0. The van der Waals surface area contributed by atoms with Gasteiger partial charge in [-0.25, -0.2) is 4.98 Å². The number of aryl methyl sites for hydroxylation is 1. The number of carbonyl (C=O) groups excluding carboxylic acids is 2. The summed E-state index contributed by atoms with van der Waals surface area (Å²) in [5.74, 6) is 0.137. The van der Waals surface area contributed by atoms with Crippen molar-refractivity contribution in [3.8, 4) is 5.69 Å². The van der Waals surface area contributed by atoms with Gasteiger partial charge in [-0.1, -0.05) is 30.0 Å². The molecule has 0 fully saturated rings. The van der Waals surface area contributed by atoms with E-state index in [2.05, 4.69) is 10.3 Å². The fourth-order valence-corrected chi connectivity index (χ4v) is 3.96. The number of thioether (sulfide) groups is 2. The summed E-state index contributed by atoms with van der Waals surface area (Å²) in [6, 6.07) is 15.3. The predicted octanol–water partition coefficient (Wildman–Crippen LogP) is 4.69. The summed E-state index contributed by atoms with van der Waals surface area (Å²) in [5, 5.41) is 3.60. The van der Waals surface area contributed by atoms with Gasteiger partial charge < -0.3 is 10.2 Å². The van der Waals surface area contributed by atoms with E-state index in [1.54, 1.807) is 32.4 Å². The van der Waals surface area contributed by atoms with Crippen LogP contribution in [0, 0.1) is 6.92 Å². The van der Waals surface area contributed by atoms with Crippen LogP contribution < -0.4 is 5.32 Å². The third-order valence-electron chi connectivity index (χ3n) is 4.02. The van der Waals surface area contributed by atoms with Crippen LogP contribution in [0.15, 0.2) is 71.0 Å². The Labute approximate surface area is 178 Å². The molecule has 150 valence electrons. The second-order valence-electron chi connectivity index (χ2n) is 6.49. The van der Waals surface area contributed by atoms with Crippen molar-refractivity contribution in [3.05, 3.63) is 66.5 Å². The zero-order chi connectivity index (χ0) is 20.8. The van der Waals surface area contributed by atoms with E-state index < -0.39 is 0 Å². The minimum atomic E-state index is -0.112. The van der Waals surface area contributed by atoms with Crippen LogP contribution in [-0.4, -0.2) is 45.4 Å². The molecule has 0 spiro atoms. The number of nitrogens with one attached hydrogen (secondary N) is 1. The topological polar surface area (TPSA) is 67.2 Å². The van der Waals surface area contributed by atoms with E-state index >= 15 is 0 Å². The van der Waals surface area contributed by atoms with Gasteiger partial charge >= 0.3 is 0 Å². The van der Waals surface area contributed by atoms with Gasteiger partial charge in [-0.05, 0) is 54.6 Å². The second kappa shape index (κ2) is 9.67. The molecule has 3 aromatic rings. The van der Waals surface area contributed by atoms with Gasteiger partial charge in [0.1, 0.15) is 0 Å². The highest BCUT2D eigenvalue weighted by atomic mass is 32.2. The number of rotatable bonds is 6. The minimum Gasteiger partial charge on any atom is -0.339 e. The molecule has 0 radical (unpaired) electrons. The van der Waals surface area contributed by atoms with Crippen LogP contribution in [0.5, 0.6) is 0 Å². The fraction of sp³-hybridized carbons (Fsp3) is 0.190. The summed E-state index contributed by atoms with van der Waals surface area (Å²) >= 11 is 2.53. The molecule has 0 aliphatic carbocycles. The number of amides is 2. The van der Waals surface area contributed by atoms with Crippen molar-refractivity contribution < 1.29 is 9.59 Å². The molecule has 3 rings (SSSR count). The number of hydrogen-bond acceptors (Lipinski definition) is 5. The Morgan fingerprint density at radius 1 is 1.10 bits per heavy atom. The Hall–Kier alpha value is -2.71. The number of nitrogens with zero attached hydrogens (tertiary/aromatic N) is 3. The average Bonchev–Trinajstić information content (AvgIpc) is 3.16. The largest absolute Gasteiger partial charge is 0.339 e. The number of para-hydroxylation sites is 1. The molecular weight excluding hydrogens is 404 g/mol. The molecule has 8 heteroatoms. The van der Waals surface area contributed by atoms with E-state index in [0.29, 0.717) is 5.69 Å². The first-order valence-electron chi connectivity index (χ1n) is 8.95. The van der Waals surface area contributed by atoms with Gasteiger partial charge in [0.25, 0.3) is 5.24 Å². The predicted molar refractivity (Wildman–Crippen MR) is 119 cm³/mol. The Morgan fingerprint density at radius 2 is 1.83 bits per heavy atom. The van der Waals surface area contributed by atoms with Crippen LogP contribution in [0.4, 0.5) is 10.5 Å². The molecule has 0 aliphatic rings. The van der Waals surface area contributed by atoms with Gasteiger partial charge in [-0.15, -0.1) is 0 Å². The summed E-state index contributed by atoms with van der Waals surface area (Å²) in [7, 11) is 3.43. The molecule has 29 heavy (non-hydrogen) atoms. The number of carbonyl (C=O) groups is 2. The standard InChI is InChI=1S/C21H22N4O2S2/c1-15-6-4-5-7-18(15)25-13-12-22-20(25)28-14-19(26)23-16-8-10-17(11-9-16)29-21(27)24(2)3/h4-13H,14H2,1-3H3,(H,23,26). The zero-order valence-corrected chi connectivity index (χ0v) is 18.1. The quantitative estimate of drug-likeness (QED) is 0.580. The van der Waals surface area contributed by atoms with Crippen LogP contribution >= 0.6 is 23.5 Å². The molecular formula is C21H22N4O2S2. The van der Waals surface area contributed by atoms with Crippen molar-refractivity contribution >= 4 is 40.4 Å². The molecule has 1 N–H and O–H groups in total. The Balaban J connectivity index is 1.57. The van der Waals surface area contributed by atoms with Crippen LogP contribution in [0.25, 0.3) is 5.69 Å². The molecule has 6 nitrogen and oxygen atoms in total. The van der Waals surface area contributed by atoms with Gasteiger partial charge in [0.15, 0.2) is 5.16 Å². The summed E-state index contributed by atoms with van der Waals surface area (Å²) in [4.78, 5) is 30.8. The van der Waals surface area contributed by atoms with E-state index in [4.69, 9.17) is 0 Å². The van der Waals surface area contributed by atoms with E-state index in [0.717, 1.165) is 33.1 Å². The van der Waals surface area contributed by atoms with Crippen molar-refractivity contribution in [1.82, 2.24) is 14.5 Å². The molecule has 0 saturated heterocycles. The number of benzene rings is 2. The minimum absolute atomic E-state index is 0.0395. The van der Waals surface area contributed by atoms with Gasteiger partial charge in [0.2, 0.25) is 5.91 Å².